The van der Waals surface area contributed by atoms with Crippen molar-refractivity contribution in [2.75, 3.05) is 12.8 Å². The van der Waals surface area contributed by atoms with Gasteiger partial charge < -0.3 is 15.1 Å². The lowest BCUT2D eigenvalue weighted by Gasteiger charge is -2.60. The minimum Gasteiger partial charge on any atom is -0.481 e. The van der Waals surface area contributed by atoms with E-state index in [0.29, 0.717) is 0 Å². The molecule has 0 aromatic carbocycles. The number of carboxylic acid groups (broad SMARTS) is 2. The molecule has 2 unspecified atom stereocenters. The second-order valence-corrected chi connectivity index (χ2v) is 13.8. The van der Waals surface area contributed by atoms with Crippen LogP contribution in [0.2, 0.25) is 5.15 Å². The molecule has 0 spiro atoms. The van der Waals surface area contributed by atoms with Gasteiger partial charge in [0.1, 0.15) is 10.0 Å². The first-order valence-corrected chi connectivity index (χ1v) is 13.2. The lowest BCUT2D eigenvalue weighted by Crippen LogP contribution is -2.68. The van der Waals surface area contributed by atoms with E-state index in [4.69, 9.17) is 11.6 Å². The van der Waals surface area contributed by atoms with Crippen LogP contribution in [-0.2, 0) is 21.1 Å². The van der Waals surface area contributed by atoms with Crippen molar-refractivity contribution in [3.05, 3.63) is 22.7 Å². The first-order chi connectivity index (χ1) is 15.2. The van der Waals surface area contributed by atoms with E-state index in [9.17, 15) is 28.2 Å². The van der Waals surface area contributed by atoms with Gasteiger partial charge in [-0.1, -0.05) is 53.1 Å². The number of rotatable bonds is 4. The Morgan fingerprint density at radius 2 is 1.74 bits per heavy atom. The van der Waals surface area contributed by atoms with Gasteiger partial charge in [-0.3, -0.25) is 4.79 Å². The molecule has 0 radical (unpaired) electrons. The molecule has 4 atom stereocenters. The molecule has 2 N–H and O–H groups in total. The number of hydrogen-bond donors (Lipinski definition) is 2. The first kappa shape index (κ1) is 28.3. The predicted octanol–water partition coefficient (Wildman–Crippen LogP) is 4.60. The van der Waals surface area contributed by atoms with Crippen LogP contribution >= 0.6 is 11.6 Å². The Morgan fingerprint density at radius 3 is 2.12 bits per heavy atom. The normalized spacial score (nSPS) is 26.4. The summed E-state index contributed by atoms with van der Waals surface area (Å²) in [6.45, 7) is 12.5. The van der Waals surface area contributed by atoms with Crippen molar-refractivity contribution in [2.45, 2.75) is 65.8 Å². The van der Waals surface area contributed by atoms with Crippen molar-refractivity contribution >= 4 is 33.5 Å². The monoisotopic (exact) mass is 520 g/mol. The minimum absolute atomic E-state index is 0.0833. The minimum atomic E-state index is -4.01. The molecule has 0 aliphatic carbocycles. The molecular weight excluding hydrogens is 487 g/mol. The molecule has 1 aliphatic rings. The van der Waals surface area contributed by atoms with Crippen molar-refractivity contribution < 1.29 is 32.6 Å². The zero-order valence-electron chi connectivity index (χ0n) is 20.8. The van der Waals surface area contributed by atoms with Crippen LogP contribution in [-0.4, -0.2) is 59.4 Å². The van der Waals surface area contributed by atoms with Crippen LogP contribution in [0.4, 0.5) is 9.18 Å². The van der Waals surface area contributed by atoms with E-state index in [1.54, 1.807) is 6.92 Å². The molecule has 11 heteroatoms. The molecule has 1 aromatic rings. The molecule has 1 saturated heterocycles. The number of hydrogen-bond acceptors (Lipinski definition) is 5. The highest BCUT2D eigenvalue weighted by atomic mass is 35.5. The van der Waals surface area contributed by atoms with Crippen LogP contribution in [0.15, 0.2) is 11.0 Å². The quantitative estimate of drug-likeness (QED) is 0.556. The summed E-state index contributed by atoms with van der Waals surface area (Å²) in [4.78, 5) is 30.0. The Hall–Kier alpha value is -1.94. The number of piperidine rings is 1. The van der Waals surface area contributed by atoms with Gasteiger partial charge in [0.15, 0.2) is 15.7 Å². The Morgan fingerprint density at radius 1 is 1.21 bits per heavy atom. The van der Waals surface area contributed by atoms with Crippen LogP contribution in [0.25, 0.3) is 0 Å². The van der Waals surface area contributed by atoms with E-state index in [0.717, 1.165) is 12.3 Å². The summed E-state index contributed by atoms with van der Waals surface area (Å²) < 4.78 is 39.8. The third-order valence-electron chi connectivity index (χ3n) is 6.97. The third kappa shape index (κ3) is 5.03. The van der Waals surface area contributed by atoms with E-state index < -0.39 is 73.2 Å². The molecule has 2 heterocycles. The molecule has 8 nitrogen and oxygen atoms in total. The fourth-order valence-electron chi connectivity index (χ4n) is 5.93. The molecule has 0 saturated carbocycles. The standard InChI is InChI=1S/C23H34ClFN2O6S/c1-12-18(22(5,6)7)23(19(28)29,15(21(2,3)4)11-27(12)20(30)31)10-13-17(25)14(34(8,32)33)9-16(24)26-13/h9,12,15,18H,10-11H2,1-8H3,(H,28,29)(H,30,31)/t12-,15?,18?,23-/m1/s1. The molecule has 34 heavy (non-hydrogen) atoms. The smallest absolute Gasteiger partial charge is 0.407 e. The number of aromatic nitrogens is 1. The summed E-state index contributed by atoms with van der Waals surface area (Å²) >= 11 is 6.04. The van der Waals surface area contributed by atoms with E-state index in [1.807, 2.05) is 41.5 Å². The lowest BCUT2D eigenvalue weighted by molar-refractivity contribution is -0.184. The summed E-state index contributed by atoms with van der Waals surface area (Å²) in [6, 6.07) is 0.185. The number of carboxylic acids is 1. The molecule has 1 amide bonds. The maximum absolute atomic E-state index is 15.5. The summed E-state index contributed by atoms with van der Waals surface area (Å²) in [5.74, 6) is -3.88. The van der Waals surface area contributed by atoms with Crippen molar-refractivity contribution in [1.29, 1.82) is 0 Å². The van der Waals surface area contributed by atoms with Gasteiger partial charge >= 0.3 is 12.1 Å². The third-order valence-corrected chi connectivity index (χ3v) is 8.26. The Bertz CT molecular complexity index is 1100. The van der Waals surface area contributed by atoms with Crippen molar-refractivity contribution in [2.24, 2.45) is 28.1 Å². The predicted molar refractivity (Wildman–Crippen MR) is 126 cm³/mol. The number of aliphatic carboxylic acids is 1. The van der Waals surface area contributed by atoms with Gasteiger partial charge in [-0.2, -0.15) is 0 Å². The highest BCUT2D eigenvalue weighted by Gasteiger charge is 2.64. The fourth-order valence-corrected chi connectivity index (χ4v) is 6.97. The van der Waals surface area contributed by atoms with E-state index >= 15 is 4.39 Å². The lowest BCUT2D eigenvalue weighted by atomic mass is 9.48. The molecule has 2 rings (SSSR count). The van der Waals surface area contributed by atoms with Crippen LogP contribution in [0.1, 0.15) is 54.2 Å². The SMILES string of the molecule is C[C@@H]1C(C(C)(C)C)[C@](Cc2nc(Cl)cc(S(C)(=O)=O)c2F)(C(=O)O)C(C(C)(C)C)CN1C(=O)O. The zero-order valence-corrected chi connectivity index (χ0v) is 22.4. The highest BCUT2D eigenvalue weighted by molar-refractivity contribution is 7.90. The summed E-state index contributed by atoms with van der Waals surface area (Å²) in [6.07, 6.45) is -0.776. The molecule has 1 aliphatic heterocycles. The first-order valence-electron chi connectivity index (χ1n) is 10.9. The van der Waals surface area contributed by atoms with Gasteiger partial charge in [0, 0.05) is 31.2 Å². The van der Waals surface area contributed by atoms with Gasteiger partial charge in [-0.15, -0.1) is 0 Å². The van der Waals surface area contributed by atoms with Crippen molar-refractivity contribution in [1.82, 2.24) is 9.88 Å². The molecule has 1 fully saturated rings. The number of nitrogens with zero attached hydrogens (tertiary/aromatic N) is 2. The number of sulfone groups is 1. The molecule has 192 valence electrons. The Kier molecular flexibility index (Phi) is 7.43. The zero-order chi connectivity index (χ0) is 26.6. The topological polar surface area (TPSA) is 125 Å². The number of likely N-dealkylation sites (tertiary alicyclic amines) is 1. The maximum atomic E-state index is 15.5. The van der Waals surface area contributed by atoms with Crippen LogP contribution in [0.5, 0.6) is 0 Å². The van der Waals surface area contributed by atoms with Crippen LogP contribution < -0.4 is 0 Å². The second-order valence-electron chi connectivity index (χ2n) is 11.4. The number of pyridine rings is 1. The van der Waals surface area contributed by atoms with Crippen molar-refractivity contribution in [3.63, 3.8) is 0 Å². The molecule has 0 bridgehead atoms. The van der Waals surface area contributed by atoms with Crippen LogP contribution in [0.3, 0.4) is 0 Å². The largest absolute Gasteiger partial charge is 0.481 e. The molecular formula is C23H34ClFN2O6S. The van der Waals surface area contributed by atoms with E-state index in [-0.39, 0.29) is 17.4 Å². The van der Waals surface area contributed by atoms with Gasteiger partial charge in [0.05, 0.1) is 11.1 Å². The van der Waals surface area contributed by atoms with Gasteiger partial charge in [0.25, 0.3) is 0 Å². The van der Waals surface area contributed by atoms with Gasteiger partial charge in [-0.25, -0.2) is 22.6 Å². The summed E-state index contributed by atoms with van der Waals surface area (Å²) in [5.41, 5.74) is -3.46. The van der Waals surface area contributed by atoms with E-state index in [1.165, 1.54) is 4.90 Å². The number of carbonyl (C=O) groups is 2. The second kappa shape index (κ2) is 8.93. The maximum Gasteiger partial charge on any atom is 0.407 e. The average molecular weight is 521 g/mol. The highest BCUT2D eigenvalue weighted by Crippen LogP contribution is 2.58. The number of halogens is 2. The fraction of sp³-hybridized carbons (Fsp3) is 0.696. The molecule has 1 aromatic heterocycles. The van der Waals surface area contributed by atoms with Gasteiger partial charge in [0.2, 0.25) is 0 Å². The Balaban J connectivity index is 2.95. The van der Waals surface area contributed by atoms with Crippen LogP contribution in [0, 0.1) is 33.9 Å². The summed E-state index contributed by atoms with van der Waals surface area (Å²) in [5, 5.41) is 20.4. The number of amides is 1. The average Bonchev–Trinajstić information content (AvgIpc) is 2.60. The van der Waals surface area contributed by atoms with Gasteiger partial charge in [-0.05, 0) is 29.7 Å². The summed E-state index contributed by atoms with van der Waals surface area (Å²) in [7, 11) is -4.01. The van der Waals surface area contributed by atoms with Crippen molar-refractivity contribution in [3.8, 4) is 0 Å². The Labute approximate surface area is 205 Å². The van der Waals surface area contributed by atoms with E-state index in [2.05, 4.69) is 4.98 Å².